The maximum absolute atomic E-state index is 10.8. The van der Waals surface area contributed by atoms with Crippen molar-refractivity contribution in [2.45, 2.75) is 6.42 Å². The molecule has 0 aliphatic heterocycles. The SMILES string of the molecule is NCCc1c[nH]c2cccc([N+](=O)[O-])c12. The van der Waals surface area contributed by atoms with E-state index in [2.05, 4.69) is 4.98 Å². The minimum absolute atomic E-state index is 0.136. The Morgan fingerprint density at radius 2 is 2.27 bits per heavy atom. The van der Waals surface area contributed by atoms with Gasteiger partial charge in [0, 0.05) is 12.3 Å². The maximum Gasteiger partial charge on any atom is 0.279 e. The molecular weight excluding hydrogens is 194 g/mol. The lowest BCUT2D eigenvalue weighted by molar-refractivity contribution is -0.383. The van der Waals surface area contributed by atoms with Gasteiger partial charge in [-0.1, -0.05) is 6.07 Å². The lowest BCUT2D eigenvalue weighted by Crippen LogP contribution is -2.02. The third kappa shape index (κ3) is 1.57. The molecule has 0 atom stereocenters. The van der Waals surface area contributed by atoms with Gasteiger partial charge in [-0.25, -0.2) is 0 Å². The van der Waals surface area contributed by atoms with Gasteiger partial charge in [-0.3, -0.25) is 10.1 Å². The highest BCUT2D eigenvalue weighted by atomic mass is 16.6. The maximum atomic E-state index is 10.8. The summed E-state index contributed by atoms with van der Waals surface area (Å²) < 4.78 is 0. The molecule has 0 saturated carbocycles. The number of aromatic amines is 1. The van der Waals surface area contributed by atoms with Crippen molar-refractivity contribution in [2.24, 2.45) is 5.73 Å². The molecule has 1 heterocycles. The fraction of sp³-hybridized carbons (Fsp3) is 0.200. The number of aromatic nitrogens is 1. The standard InChI is InChI=1S/C10H11N3O2/c11-5-4-7-6-12-8-2-1-3-9(10(7)8)13(14)15/h1-3,6,12H,4-5,11H2. The van der Waals surface area contributed by atoms with Gasteiger partial charge in [0.25, 0.3) is 5.69 Å². The lowest BCUT2D eigenvalue weighted by atomic mass is 10.1. The van der Waals surface area contributed by atoms with E-state index in [4.69, 9.17) is 5.73 Å². The number of rotatable bonds is 3. The van der Waals surface area contributed by atoms with Crippen LogP contribution in [0.1, 0.15) is 5.56 Å². The smallest absolute Gasteiger partial charge is 0.279 e. The molecule has 0 amide bonds. The third-order valence-corrected chi connectivity index (χ3v) is 2.38. The van der Waals surface area contributed by atoms with Gasteiger partial charge in [0.1, 0.15) is 0 Å². The van der Waals surface area contributed by atoms with E-state index in [1.54, 1.807) is 12.3 Å². The van der Waals surface area contributed by atoms with Crippen LogP contribution in [-0.2, 0) is 6.42 Å². The number of benzene rings is 1. The first-order valence-electron chi connectivity index (χ1n) is 4.67. The molecule has 15 heavy (non-hydrogen) atoms. The van der Waals surface area contributed by atoms with Gasteiger partial charge in [0.05, 0.1) is 15.8 Å². The lowest BCUT2D eigenvalue weighted by Gasteiger charge is -1.97. The number of nitrogens with two attached hydrogens (primary N) is 1. The second-order valence-electron chi connectivity index (χ2n) is 3.31. The van der Waals surface area contributed by atoms with Gasteiger partial charge in [0.2, 0.25) is 0 Å². The number of fused-ring (bicyclic) bond motifs is 1. The van der Waals surface area contributed by atoms with Crippen LogP contribution in [0.25, 0.3) is 10.9 Å². The molecule has 78 valence electrons. The number of nitrogens with zero attached hydrogens (tertiary/aromatic N) is 1. The molecule has 5 heteroatoms. The fourth-order valence-electron chi connectivity index (χ4n) is 1.74. The molecule has 0 spiro atoms. The summed E-state index contributed by atoms with van der Waals surface area (Å²) in [5, 5.41) is 11.5. The second kappa shape index (κ2) is 3.70. The highest BCUT2D eigenvalue weighted by Gasteiger charge is 2.15. The predicted molar refractivity (Wildman–Crippen MR) is 57.7 cm³/mol. The number of non-ortho nitro benzene ring substituents is 1. The highest BCUT2D eigenvalue weighted by Crippen LogP contribution is 2.28. The molecule has 0 aliphatic carbocycles. The van der Waals surface area contributed by atoms with E-state index in [9.17, 15) is 10.1 Å². The van der Waals surface area contributed by atoms with Crippen molar-refractivity contribution in [1.29, 1.82) is 0 Å². The van der Waals surface area contributed by atoms with Crippen molar-refractivity contribution in [3.63, 3.8) is 0 Å². The van der Waals surface area contributed by atoms with Crippen molar-refractivity contribution < 1.29 is 4.92 Å². The molecule has 0 fully saturated rings. The van der Waals surface area contributed by atoms with E-state index in [1.165, 1.54) is 6.07 Å². The van der Waals surface area contributed by atoms with Crippen molar-refractivity contribution in [1.82, 2.24) is 4.98 Å². The van der Waals surface area contributed by atoms with Crippen molar-refractivity contribution >= 4 is 16.6 Å². The number of nitro groups is 1. The molecule has 0 unspecified atom stereocenters. The first-order chi connectivity index (χ1) is 7.24. The normalized spacial score (nSPS) is 10.7. The van der Waals surface area contributed by atoms with Gasteiger partial charge < -0.3 is 10.7 Å². The largest absolute Gasteiger partial charge is 0.361 e. The zero-order valence-electron chi connectivity index (χ0n) is 8.06. The third-order valence-electron chi connectivity index (χ3n) is 2.38. The molecule has 1 aromatic heterocycles. The number of H-pyrrole nitrogens is 1. The Morgan fingerprint density at radius 1 is 1.47 bits per heavy atom. The molecule has 2 rings (SSSR count). The Kier molecular flexibility index (Phi) is 2.39. The molecule has 2 aromatic rings. The summed E-state index contributed by atoms with van der Waals surface area (Å²) in [7, 11) is 0. The van der Waals surface area contributed by atoms with Crippen LogP contribution >= 0.6 is 0 Å². The minimum Gasteiger partial charge on any atom is -0.361 e. The quantitative estimate of drug-likeness (QED) is 0.589. The second-order valence-corrected chi connectivity index (χ2v) is 3.31. The van der Waals surface area contributed by atoms with Crippen molar-refractivity contribution in [3.05, 3.63) is 40.1 Å². The van der Waals surface area contributed by atoms with E-state index < -0.39 is 0 Å². The summed E-state index contributed by atoms with van der Waals surface area (Å²) in [6.07, 6.45) is 2.43. The van der Waals surface area contributed by atoms with Crippen LogP contribution in [0.15, 0.2) is 24.4 Å². The molecule has 0 saturated heterocycles. The Morgan fingerprint density at radius 3 is 2.93 bits per heavy atom. The zero-order chi connectivity index (χ0) is 10.8. The van der Waals surface area contributed by atoms with Gasteiger partial charge >= 0.3 is 0 Å². The molecule has 3 N–H and O–H groups in total. The Bertz CT molecular complexity index is 504. The molecule has 0 bridgehead atoms. The highest BCUT2D eigenvalue weighted by molar-refractivity contribution is 5.91. The Labute approximate surface area is 86.0 Å². The average Bonchev–Trinajstić information content (AvgIpc) is 2.62. The minimum atomic E-state index is -0.365. The van der Waals surface area contributed by atoms with Crippen LogP contribution in [0.3, 0.4) is 0 Å². The molecule has 0 aliphatic rings. The Hall–Kier alpha value is -1.88. The van der Waals surface area contributed by atoms with Crippen LogP contribution in [0.2, 0.25) is 0 Å². The summed E-state index contributed by atoms with van der Waals surface area (Å²) in [5.41, 5.74) is 7.28. The van der Waals surface area contributed by atoms with Crippen LogP contribution in [0.4, 0.5) is 5.69 Å². The van der Waals surface area contributed by atoms with Gasteiger partial charge in [-0.15, -0.1) is 0 Å². The van der Waals surface area contributed by atoms with Gasteiger partial charge in [-0.2, -0.15) is 0 Å². The van der Waals surface area contributed by atoms with Gasteiger partial charge in [-0.05, 0) is 24.6 Å². The molecule has 1 aromatic carbocycles. The first-order valence-corrected chi connectivity index (χ1v) is 4.67. The number of nitrogens with one attached hydrogen (secondary N) is 1. The summed E-state index contributed by atoms with van der Waals surface area (Å²) in [6.45, 7) is 0.485. The monoisotopic (exact) mass is 205 g/mol. The van der Waals surface area contributed by atoms with E-state index in [1.807, 2.05) is 6.07 Å². The van der Waals surface area contributed by atoms with Crippen LogP contribution in [-0.4, -0.2) is 16.5 Å². The molecule has 0 radical (unpaired) electrons. The van der Waals surface area contributed by atoms with E-state index >= 15 is 0 Å². The van der Waals surface area contributed by atoms with Crippen LogP contribution in [0.5, 0.6) is 0 Å². The topological polar surface area (TPSA) is 85.0 Å². The number of hydrogen-bond acceptors (Lipinski definition) is 3. The summed E-state index contributed by atoms with van der Waals surface area (Å²) in [6, 6.07) is 5.00. The fourth-order valence-corrected chi connectivity index (χ4v) is 1.74. The average molecular weight is 205 g/mol. The summed E-state index contributed by atoms with van der Waals surface area (Å²) >= 11 is 0. The number of hydrogen-bond donors (Lipinski definition) is 2. The van der Waals surface area contributed by atoms with Crippen LogP contribution in [0, 0.1) is 10.1 Å². The number of nitro benzene ring substituents is 1. The van der Waals surface area contributed by atoms with Crippen molar-refractivity contribution in [3.8, 4) is 0 Å². The van der Waals surface area contributed by atoms with E-state index in [-0.39, 0.29) is 10.6 Å². The predicted octanol–water partition coefficient (Wildman–Crippen LogP) is 1.58. The molecular formula is C10H11N3O2. The van der Waals surface area contributed by atoms with E-state index in [0.29, 0.717) is 18.4 Å². The van der Waals surface area contributed by atoms with Gasteiger partial charge in [0.15, 0.2) is 0 Å². The first kappa shape index (κ1) is 9.67. The Balaban J connectivity index is 2.69. The zero-order valence-corrected chi connectivity index (χ0v) is 8.06. The van der Waals surface area contributed by atoms with Crippen molar-refractivity contribution in [2.75, 3.05) is 6.54 Å². The van der Waals surface area contributed by atoms with Crippen LogP contribution < -0.4 is 5.73 Å². The van der Waals surface area contributed by atoms with E-state index in [0.717, 1.165) is 11.1 Å². The summed E-state index contributed by atoms with van der Waals surface area (Å²) in [4.78, 5) is 13.5. The molecule has 5 nitrogen and oxygen atoms in total. The summed E-state index contributed by atoms with van der Waals surface area (Å²) in [5.74, 6) is 0.